The number of pyridine rings is 1. The van der Waals surface area contributed by atoms with E-state index in [1.807, 2.05) is 0 Å². The Bertz CT molecular complexity index is 1220. The minimum Gasteiger partial charge on any atom is -0.492 e. The van der Waals surface area contributed by atoms with E-state index in [0.717, 1.165) is 12.8 Å². The molecule has 0 spiro atoms. The Labute approximate surface area is 183 Å². The number of carbonyl (C=O) groups excluding carboxylic acids is 2. The second kappa shape index (κ2) is 7.95. The number of benzene rings is 1. The monoisotopic (exact) mass is 436 g/mol. The molecule has 3 aromatic rings. The van der Waals surface area contributed by atoms with Crippen LogP contribution < -0.4 is 20.7 Å². The van der Waals surface area contributed by atoms with Crippen LogP contribution in [0.2, 0.25) is 0 Å². The molecule has 5 rings (SSSR count). The van der Waals surface area contributed by atoms with Gasteiger partial charge in [-0.1, -0.05) is 6.07 Å². The average Bonchev–Trinajstić information content (AvgIpc) is 3.57. The largest absolute Gasteiger partial charge is 0.492 e. The van der Waals surface area contributed by atoms with E-state index in [4.69, 9.17) is 4.74 Å². The standard InChI is InChI=1S/C22H21FN6O3/c1-32-20-14(23)3-2-4-15(20)26-18-17(28-29-10-9-25-22(31)19(18)29)13-7-8-24-11-16(13)27-21(30)12-5-6-12/h2-4,7-8,11-12,26H,5-6,9-10H2,1H3,(H,25,31)(H,27,30). The fourth-order valence-electron chi connectivity index (χ4n) is 3.75. The molecular weight excluding hydrogens is 415 g/mol. The lowest BCUT2D eigenvalue weighted by Crippen LogP contribution is -2.35. The normalized spacial score (nSPS) is 15.0. The van der Waals surface area contributed by atoms with Crippen molar-refractivity contribution in [3.63, 3.8) is 0 Å². The Morgan fingerprint density at radius 1 is 1.28 bits per heavy atom. The molecular formula is C22H21FN6O3. The molecule has 2 aromatic heterocycles. The third kappa shape index (κ3) is 3.53. The second-order valence-electron chi connectivity index (χ2n) is 7.68. The summed E-state index contributed by atoms with van der Waals surface area (Å²) < 4.78 is 21.1. The summed E-state index contributed by atoms with van der Waals surface area (Å²) >= 11 is 0. The van der Waals surface area contributed by atoms with Gasteiger partial charge in [-0.3, -0.25) is 19.3 Å². The van der Waals surface area contributed by atoms with E-state index in [1.165, 1.54) is 13.2 Å². The summed E-state index contributed by atoms with van der Waals surface area (Å²) in [5, 5.41) is 13.5. The number of hydrogen-bond donors (Lipinski definition) is 3. The van der Waals surface area contributed by atoms with Gasteiger partial charge in [-0.2, -0.15) is 5.10 Å². The minimum absolute atomic E-state index is 0.0122. The Morgan fingerprint density at radius 2 is 2.12 bits per heavy atom. The van der Waals surface area contributed by atoms with Crippen LogP contribution in [0.4, 0.5) is 21.5 Å². The molecule has 0 saturated heterocycles. The molecule has 2 aliphatic rings. The highest BCUT2D eigenvalue weighted by molar-refractivity contribution is 6.05. The fourth-order valence-corrected chi connectivity index (χ4v) is 3.75. The van der Waals surface area contributed by atoms with Crippen molar-refractivity contribution in [2.45, 2.75) is 19.4 Å². The summed E-state index contributed by atoms with van der Waals surface area (Å²) in [7, 11) is 1.37. The Kier molecular flexibility index (Phi) is 4.96. The highest BCUT2D eigenvalue weighted by Crippen LogP contribution is 2.40. The van der Waals surface area contributed by atoms with E-state index in [1.54, 1.807) is 35.3 Å². The molecule has 0 atom stereocenters. The molecule has 3 heterocycles. The molecule has 3 N–H and O–H groups in total. The van der Waals surface area contributed by atoms with E-state index in [-0.39, 0.29) is 23.5 Å². The van der Waals surface area contributed by atoms with Crippen LogP contribution in [0.1, 0.15) is 23.3 Å². The van der Waals surface area contributed by atoms with E-state index in [9.17, 15) is 14.0 Å². The number of aromatic nitrogens is 3. The number of nitrogens with zero attached hydrogens (tertiary/aromatic N) is 3. The van der Waals surface area contributed by atoms with Gasteiger partial charge in [0.25, 0.3) is 5.91 Å². The summed E-state index contributed by atoms with van der Waals surface area (Å²) in [4.78, 5) is 29.3. The van der Waals surface area contributed by atoms with Crippen molar-refractivity contribution in [1.29, 1.82) is 0 Å². The topological polar surface area (TPSA) is 110 Å². The minimum atomic E-state index is -0.536. The number of carbonyl (C=O) groups is 2. The average molecular weight is 436 g/mol. The number of halogens is 1. The molecule has 2 amide bonds. The first-order valence-corrected chi connectivity index (χ1v) is 10.3. The van der Waals surface area contributed by atoms with Crippen molar-refractivity contribution in [3.05, 3.63) is 48.2 Å². The van der Waals surface area contributed by atoms with E-state index >= 15 is 0 Å². The highest BCUT2D eigenvalue weighted by Gasteiger charge is 2.32. The SMILES string of the molecule is COc1c(F)cccc1Nc1c(-c2ccncc2NC(=O)C2CC2)nn2c1C(=O)NCC2. The van der Waals surface area contributed by atoms with Gasteiger partial charge in [0.15, 0.2) is 11.6 Å². The van der Waals surface area contributed by atoms with Crippen LogP contribution in [0.25, 0.3) is 11.3 Å². The number of rotatable bonds is 6. The van der Waals surface area contributed by atoms with Gasteiger partial charge in [0.2, 0.25) is 5.91 Å². The zero-order valence-electron chi connectivity index (χ0n) is 17.3. The maximum absolute atomic E-state index is 14.3. The van der Waals surface area contributed by atoms with Crippen LogP contribution in [0.5, 0.6) is 5.75 Å². The van der Waals surface area contributed by atoms with E-state index in [2.05, 4.69) is 26.0 Å². The predicted octanol–water partition coefficient (Wildman–Crippen LogP) is 2.93. The molecule has 0 radical (unpaired) electrons. The number of anilines is 3. The van der Waals surface area contributed by atoms with Gasteiger partial charge in [-0.05, 0) is 31.0 Å². The molecule has 10 heteroatoms. The molecule has 1 aliphatic heterocycles. The van der Waals surface area contributed by atoms with Gasteiger partial charge >= 0.3 is 0 Å². The lowest BCUT2D eigenvalue weighted by atomic mass is 10.1. The summed E-state index contributed by atoms with van der Waals surface area (Å²) in [6.45, 7) is 0.919. The van der Waals surface area contributed by atoms with Gasteiger partial charge in [0.05, 0.1) is 36.9 Å². The molecule has 1 aliphatic carbocycles. The van der Waals surface area contributed by atoms with Crippen molar-refractivity contribution < 1.29 is 18.7 Å². The molecule has 0 unspecified atom stereocenters. The number of nitrogens with one attached hydrogen (secondary N) is 3. The van der Waals surface area contributed by atoms with Crippen molar-refractivity contribution in [2.75, 3.05) is 24.3 Å². The van der Waals surface area contributed by atoms with Crippen LogP contribution in [0.3, 0.4) is 0 Å². The van der Waals surface area contributed by atoms with Gasteiger partial charge in [0, 0.05) is 24.2 Å². The molecule has 164 valence electrons. The van der Waals surface area contributed by atoms with Gasteiger partial charge < -0.3 is 20.7 Å². The van der Waals surface area contributed by atoms with Gasteiger partial charge in [0.1, 0.15) is 11.4 Å². The van der Waals surface area contributed by atoms with Crippen LogP contribution >= 0.6 is 0 Å². The van der Waals surface area contributed by atoms with Crippen molar-refractivity contribution >= 4 is 28.9 Å². The predicted molar refractivity (Wildman–Crippen MR) is 115 cm³/mol. The third-order valence-corrected chi connectivity index (χ3v) is 5.49. The maximum Gasteiger partial charge on any atom is 0.271 e. The van der Waals surface area contributed by atoms with Crippen molar-refractivity contribution in [1.82, 2.24) is 20.1 Å². The van der Waals surface area contributed by atoms with Crippen molar-refractivity contribution in [3.8, 4) is 17.0 Å². The van der Waals surface area contributed by atoms with Gasteiger partial charge in [-0.25, -0.2) is 4.39 Å². The molecule has 0 bridgehead atoms. The number of amides is 2. The summed E-state index contributed by atoms with van der Waals surface area (Å²) in [6, 6.07) is 6.21. The first-order chi connectivity index (χ1) is 15.6. The molecule has 1 aromatic carbocycles. The molecule has 1 saturated carbocycles. The van der Waals surface area contributed by atoms with Crippen LogP contribution in [0.15, 0.2) is 36.7 Å². The van der Waals surface area contributed by atoms with E-state index < -0.39 is 5.82 Å². The first-order valence-electron chi connectivity index (χ1n) is 10.3. The zero-order chi connectivity index (χ0) is 22.2. The smallest absolute Gasteiger partial charge is 0.271 e. The maximum atomic E-state index is 14.3. The molecule has 9 nitrogen and oxygen atoms in total. The van der Waals surface area contributed by atoms with E-state index in [0.29, 0.717) is 47.1 Å². The fraction of sp³-hybridized carbons (Fsp3) is 0.273. The Hall–Kier alpha value is -3.95. The van der Waals surface area contributed by atoms with Crippen LogP contribution in [-0.2, 0) is 11.3 Å². The quantitative estimate of drug-likeness (QED) is 0.548. The molecule has 32 heavy (non-hydrogen) atoms. The number of para-hydroxylation sites is 1. The number of fused-ring (bicyclic) bond motifs is 1. The second-order valence-corrected chi connectivity index (χ2v) is 7.68. The van der Waals surface area contributed by atoms with Gasteiger partial charge in [-0.15, -0.1) is 0 Å². The lowest BCUT2D eigenvalue weighted by molar-refractivity contribution is -0.117. The highest BCUT2D eigenvalue weighted by atomic mass is 19.1. The first kappa shape index (κ1) is 20.0. The third-order valence-electron chi connectivity index (χ3n) is 5.49. The molecule has 1 fully saturated rings. The van der Waals surface area contributed by atoms with Crippen LogP contribution in [-0.4, -0.2) is 40.2 Å². The number of ether oxygens (including phenoxy) is 1. The Balaban J connectivity index is 1.64. The number of hydrogen-bond acceptors (Lipinski definition) is 6. The summed E-state index contributed by atoms with van der Waals surface area (Å²) in [5.41, 5.74) is 2.58. The summed E-state index contributed by atoms with van der Waals surface area (Å²) in [5.74, 6) is -0.872. The Morgan fingerprint density at radius 3 is 2.91 bits per heavy atom. The lowest BCUT2D eigenvalue weighted by Gasteiger charge is -2.17. The summed E-state index contributed by atoms with van der Waals surface area (Å²) in [6.07, 6.45) is 4.88. The van der Waals surface area contributed by atoms with Crippen LogP contribution in [0, 0.1) is 11.7 Å². The van der Waals surface area contributed by atoms with Crippen molar-refractivity contribution in [2.24, 2.45) is 5.92 Å². The zero-order valence-corrected chi connectivity index (χ0v) is 17.3. The number of methoxy groups -OCH3 is 1.